The number of carbonyl (C=O) groups excluding carboxylic acids is 2. The van der Waals surface area contributed by atoms with Crippen LogP contribution in [0.2, 0.25) is 0 Å². The van der Waals surface area contributed by atoms with E-state index in [0.717, 1.165) is 13.8 Å². The largest absolute Gasteiger partial charge is 0.274 e. The zero-order chi connectivity index (χ0) is 16.1. The zero-order valence-corrected chi connectivity index (χ0v) is 12.8. The lowest BCUT2D eigenvalue weighted by Gasteiger charge is -2.23. The highest BCUT2D eigenvalue weighted by atomic mass is 32.2. The third-order valence-corrected chi connectivity index (χ3v) is 5.19. The number of amides is 2. The number of sulfonamides is 2. The van der Waals surface area contributed by atoms with Gasteiger partial charge in [-0.15, -0.1) is 0 Å². The number of rotatable bonds is 7. The standard InChI is InChI=1S/C10H16N2O6S2/c1-5-19(15,16)11(9(3)13)7-8-12(10(4)14)20(17,18)6-2/h5-6H,1-2,7-8H2,3-4H3. The van der Waals surface area contributed by atoms with Crippen LogP contribution < -0.4 is 0 Å². The molecule has 8 nitrogen and oxygen atoms in total. The van der Waals surface area contributed by atoms with E-state index in [1.807, 2.05) is 0 Å². The van der Waals surface area contributed by atoms with Gasteiger partial charge in [0, 0.05) is 24.7 Å². The van der Waals surface area contributed by atoms with Gasteiger partial charge in [0.1, 0.15) is 0 Å². The van der Waals surface area contributed by atoms with E-state index < -0.39 is 45.0 Å². The molecule has 0 atom stereocenters. The Morgan fingerprint density at radius 3 is 1.25 bits per heavy atom. The zero-order valence-electron chi connectivity index (χ0n) is 11.1. The van der Waals surface area contributed by atoms with E-state index in [-0.39, 0.29) is 0 Å². The van der Waals surface area contributed by atoms with Crippen LogP contribution in [-0.4, -0.2) is 50.3 Å². The maximum absolute atomic E-state index is 11.6. The van der Waals surface area contributed by atoms with E-state index in [1.54, 1.807) is 0 Å². The molecule has 0 radical (unpaired) electrons. The van der Waals surface area contributed by atoms with Crippen LogP contribution in [0.5, 0.6) is 0 Å². The van der Waals surface area contributed by atoms with Crippen molar-refractivity contribution in [1.82, 2.24) is 8.61 Å². The van der Waals surface area contributed by atoms with Crippen molar-refractivity contribution < 1.29 is 26.4 Å². The molecule has 0 aromatic carbocycles. The Labute approximate surface area is 118 Å². The Bertz CT molecular complexity index is 564. The molecule has 10 heteroatoms. The predicted molar refractivity (Wildman–Crippen MR) is 73.0 cm³/mol. The molecular formula is C10H16N2O6S2. The molecular weight excluding hydrogens is 308 g/mol. The topological polar surface area (TPSA) is 109 Å². The van der Waals surface area contributed by atoms with Gasteiger partial charge in [0.2, 0.25) is 11.8 Å². The average Bonchev–Trinajstić information content (AvgIpc) is 2.32. The first-order valence-electron chi connectivity index (χ1n) is 5.31. The Hall–Kier alpha value is -1.68. The van der Waals surface area contributed by atoms with Gasteiger partial charge in [-0.1, -0.05) is 13.2 Å². The second-order valence-electron chi connectivity index (χ2n) is 3.61. The average molecular weight is 324 g/mol. The van der Waals surface area contributed by atoms with E-state index >= 15 is 0 Å². The quantitative estimate of drug-likeness (QED) is 0.632. The Morgan fingerprint density at radius 2 is 1.10 bits per heavy atom. The molecule has 0 bridgehead atoms. The molecule has 0 aromatic heterocycles. The molecule has 0 aromatic rings. The fourth-order valence-electron chi connectivity index (χ4n) is 1.29. The lowest BCUT2D eigenvalue weighted by molar-refractivity contribution is -0.127. The predicted octanol–water partition coefficient (Wildman–Crippen LogP) is -0.370. The van der Waals surface area contributed by atoms with Crippen molar-refractivity contribution in [1.29, 1.82) is 0 Å². The van der Waals surface area contributed by atoms with Crippen molar-refractivity contribution in [2.24, 2.45) is 0 Å². The maximum atomic E-state index is 11.6. The van der Waals surface area contributed by atoms with Crippen LogP contribution in [0.15, 0.2) is 24.0 Å². The molecule has 0 saturated heterocycles. The molecule has 0 N–H and O–H groups in total. The minimum atomic E-state index is -4.04. The lowest BCUT2D eigenvalue weighted by atomic mass is 10.5. The van der Waals surface area contributed by atoms with Gasteiger partial charge in [0.05, 0.1) is 13.1 Å². The molecule has 0 fully saturated rings. The van der Waals surface area contributed by atoms with Crippen molar-refractivity contribution in [2.75, 3.05) is 13.1 Å². The normalized spacial score (nSPS) is 11.5. The molecule has 114 valence electrons. The van der Waals surface area contributed by atoms with Crippen LogP contribution in [0.3, 0.4) is 0 Å². The second-order valence-corrected chi connectivity index (χ2v) is 7.21. The molecule has 0 heterocycles. The van der Waals surface area contributed by atoms with E-state index in [1.165, 1.54) is 0 Å². The van der Waals surface area contributed by atoms with E-state index in [2.05, 4.69) is 13.2 Å². The molecule has 0 saturated carbocycles. The summed E-state index contributed by atoms with van der Waals surface area (Å²) in [5.74, 6) is -1.63. The molecule has 2 amide bonds. The van der Waals surface area contributed by atoms with Gasteiger partial charge in [0.15, 0.2) is 0 Å². The fourth-order valence-corrected chi connectivity index (χ4v) is 3.04. The van der Waals surface area contributed by atoms with Crippen LogP contribution in [-0.2, 0) is 29.6 Å². The number of carbonyl (C=O) groups is 2. The Balaban J connectivity index is 5.31. The van der Waals surface area contributed by atoms with Crippen molar-refractivity contribution in [3.8, 4) is 0 Å². The van der Waals surface area contributed by atoms with Crippen LogP contribution in [0.4, 0.5) is 0 Å². The summed E-state index contributed by atoms with van der Waals surface area (Å²) in [6, 6.07) is 0. The molecule has 0 unspecified atom stereocenters. The number of hydrogen-bond acceptors (Lipinski definition) is 6. The fraction of sp³-hybridized carbons (Fsp3) is 0.400. The molecule has 0 aliphatic heterocycles. The lowest BCUT2D eigenvalue weighted by Crippen LogP contribution is -2.43. The van der Waals surface area contributed by atoms with Crippen LogP contribution in [0, 0.1) is 0 Å². The van der Waals surface area contributed by atoms with Gasteiger partial charge in [-0.2, -0.15) is 0 Å². The number of nitrogens with zero attached hydrogens (tertiary/aromatic N) is 2. The smallest absolute Gasteiger partial charge is 0.259 e. The minimum Gasteiger partial charge on any atom is -0.274 e. The van der Waals surface area contributed by atoms with Crippen LogP contribution in [0.1, 0.15) is 13.8 Å². The Kier molecular flexibility index (Phi) is 6.10. The van der Waals surface area contributed by atoms with E-state index in [4.69, 9.17) is 0 Å². The summed E-state index contributed by atoms with van der Waals surface area (Å²) in [7, 11) is -8.09. The first-order chi connectivity index (χ1) is 8.99. The summed E-state index contributed by atoms with van der Waals surface area (Å²) in [5, 5.41) is 1.13. The first kappa shape index (κ1) is 18.3. The van der Waals surface area contributed by atoms with Gasteiger partial charge in [0.25, 0.3) is 20.0 Å². The summed E-state index contributed by atoms with van der Waals surface area (Å²) in [6.07, 6.45) is 0. The highest BCUT2D eigenvalue weighted by Crippen LogP contribution is 2.07. The van der Waals surface area contributed by atoms with Crippen LogP contribution in [0.25, 0.3) is 0 Å². The number of hydrogen-bond donors (Lipinski definition) is 0. The molecule has 20 heavy (non-hydrogen) atoms. The van der Waals surface area contributed by atoms with Crippen molar-refractivity contribution >= 4 is 31.9 Å². The van der Waals surface area contributed by atoms with E-state index in [0.29, 0.717) is 19.4 Å². The Morgan fingerprint density at radius 1 is 0.850 bits per heavy atom. The summed E-state index contributed by atoms with van der Waals surface area (Å²) in [4.78, 5) is 22.6. The summed E-state index contributed by atoms with van der Waals surface area (Å²) in [5.41, 5.74) is 0. The SMILES string of the molecule is C=CS(=O)(=O)N(CCN(C(C)=O)S(=O)(=O)C=C)C(C)=O. The monoisotopic (exact) mass is 324 g/mol. The molecule has 0 rings (SSSR count). The van der Waals surface area contributed by atoms with Crippen molar-refractivity contribution in [3.05, 3.63) is 24.0 Å². The van der Waals surface area contributed by atoms with Crippen LogP contribution >= 0.6 is 0 Å². The van der Waals surface area contributed by atoms with Gasteiger partial charge >= 0.3 is 0 Å². The molecule has 0 aliphatic carbocycles. The molecule has 0 spiro atoms. The maximum Gasteiger partial charge on any atom is 0.259 e. The summed E-state index contributed by atoms with van der Waals surface area (Å²) >= 11 is 0. The third kappa shape index (κ3) is 4.46. The van der Waals surface area contributed by atoms with E-state index in [9.17, 15) is 26.4 Å². The van der Waals surface area contributed by atoms with Crippen molar-refractivity contribution in [2.45, 2.75) is 13.8 Å². The minimum absolute atomic E-state index is 0.425. The van der Waals surface area contributed by atoms with Crippen molar-refractivity contribution in [3.63, 3.8) is 0 Å². The first-order valence-corrected chi connectivity index (χ1v) is 8.31. The van der Waals surface area contributed by atoms with Gasteiger partial charge < -0.3 is 0 Å². The van der Waals surface area contributed by atoms with Gasteiger partial charge in [-0.3, -0.25) is 9.59 Å². The van der Waals surface area contributed by atoms with Gasteiger partial charge in [-0.25, -0.2) is 25.4 Å². The highest BCUT2D eigenvalue weighted by Gasteiger charge is 2.26. The molecule has 0 aliphatic rings. The second kappa shape index (κ2) is 6.66. The third-order valence-electron chi connectivity index (χ3n) is 2.24. The summed E-state index contributed by atoms with van der Waals surface area (Å²) < 4.78 is 47.1. The van der Waals surface area contributed by atoms with Gasteiger partial charge in [-0.05, 0) is 0 Å². The highest BCUT2D eigenvalue weighted by molar-refractivity contribution is 7.92. The summed E-state index contributed by atoms with van der Waals surface area (Å²) in [6.45, 7) is 7.13.